The number of fused-ring (bicyclic) bond motifs is 6. The minimum atomic E-state index is 0.658. The molecule has 4 heteroatoms. The molecule has 3 aromatic heterocycles. The molecule has 41 heavy (non-hydrogen) atoms. The lowest BCUT2D eigenvalue weighted by molar-refractivity contribution is 1.11. The van der Waals surface area contributed by atoms with Crippen molar-refractivity contribution in [2.45, 2.75) is 6.92 Å². The van der Waals surface area contributed by atoms with E-state index in [0.29, 0.717) is 5.56 Å². The van der Waals surface area contributed by atoms with Crippen molar-refractivity contribution >= 4 is 43.6 Å². The van der Waals surface area contributed by atoms with Gasteiger partial charge in [0.15, 0.2) is 0 Å². The second kappa shape index (κ2) is 8.94. The van der Waals surface area contributed by atoms with E-state index < -0.39 is 0 Å². The number of benzene rings is 5. The van der Waals surface area contributed by atoms with Crippen LogP contribution in [0.3, 0.4) is 0 Å². The molecular formula is C37H24N4. The summed E-state index contributed by atoms with van der Waals surface area (Å²) in [7, 11) is 0. The fourth-order valence-corrected chi connectivity index (χ4v) is 6.34. The molecule has 0 radical (unpaired) electrons. The average Bonchev–Trinajstić information content (AvgIpc) is 3.54. The van der Waals surface area contributed by atoms with Gasteiger partial charge in [0.05, 0.1) is 45.1 Å². The molecule has 4 nitrogen and oxygen atoms in total. The number of para-hydroxylation sites is 3. The molecule has 5 aromatic carbocycles. The molecule has 0 N–H and O–H groups in total. The summed E-state index contributed by atoms with van der Waals surface area (Å²) in [4.78, 5) is 4.77. The summed E-state index contributed by atoms with van der Waals surface area (Å²) in [6.45, 7) is 2.18. The Kier molecular flexibility index (Phi) is 5.07. The van der Waals surface area contributed by atoms with Crippen LogP contribution in [0.2, 0.25) is 0 Å². The van der Waals surface area contributed by atoms with Crippen molar-refractivity contribution in [3.8, 4) is 28.7 Å². The smallest absolute Gasteiger partial charge is 0.0991 e. The molecule has 0 aliphatic carbocycles. The van der Waals surface area contributed by atoms with Crippen LogP contribution < -0.4 is 0 Å². The van der Waals surface area contributed by atoms with Crippen molar-refractivity contribution in [3.63, 3.8) is 0 Å². The SMILES string of the molecule is Cc1c(-c2ccccn2)cc(-n2c3ccccc3c3ccccc32)cc1-n1c2ccccc2c2cc(C#N)ccc21. The molecule has 0 aliphatic heterocycles. The molecule has 0 aliphatic rings. The normalized spacial score (nSPS) is 11.5. The summed E-state index contributed by atoms with van der Waals surface area (Å²) in [6, 6.07) is 44.6. The first kappa shape index (κ1) is 23.2. The number of aromatic nitrogens is 3. The molecule has 0 fully saturated rings. The van der Waals surface area contributed by atoms with Gasteiger partial charge < -0.3 is 9.13 Å². The lowest BCUT2D eigenvalue weighted by atomic mass is 10.0. The van der Waals surface area contributed by atoms with Crippen molar-refractivity contribution < 1.29 is 0 Å². The van der Waals surface area contributed by atoms with Crippen LogP contribution in [0.25, 0.3) is 66.2 Å². The second-order valence-electron chi connectivity index (χ2n) is 10.4. The summed E-state index contributed by atoms with van der Waals surface area (Å²) < 4.78 is 4.70. The number of nitrogens with zero attached hydrogens (tertiary/aromatic N) is 4. The second-order valence-corrected chi connectivity index (χ2v) is 10.4. The van der Waals surface area contributed by atoms with Gasteiger partial charge in [0.25, 0.3) is 0 Å². The van der Waals surface area contributed by atoms with Gasteiger partial charge in [-0.1, -0.05) is 60.7 Å². The fraction of sp³-hybridized carbons (Fsp3) is 0.0270. The number of hydrogen-bond acceptors (Lipinski definition) is 2. The fourth-order valence-electron chi connectivity index (χ4n) is 6.34. The summed E-state index contributed by atoms with van der Waals surface area (Å²) >= 11 is 0. The highest BCUT2D eigenvalue weighted by atomic mass is 15.0. The minimum absolute atomic E-state index is 0.658. The van der Waals surface area contributed by atoms with Crippen LogP contribution in [-0.4, -0.2) is 14.1 Å². The van der Waals surface area contributed by atoms with Gasteiger partial charge in [-0.15, -0.1) is 0 Å². The maximum Gasteiger partial charge on any atom is 0.0991 e. The van der Waals surface area contributed by atoms with Gasteiger partial charge in [0, 0.05) is 39.0 Å². The van der Waals surface area contributed by atoms with Crippen LogP contribution in [0.15, 0.2) is 128 Å². The maximum atomic E-state index is 9.65. The van der Waals surface area contributed by atoms with E-state index in [4.69, 9.17) is 4.98 Å². The Balaban J connectivity index is 1.53. The summed E-state index contributed by atoms with van der Waals surface area (Å²) in [5, 5.41) is 14.3. The lowest BCUT2D eigenvalue weighted by Crippen LogP contribution is -2.03. The van der Waals surface area contributed by atoms with Crippen molar-refractivity contribution in [1.82, 2.24) is 14.1 Å². The summed E-state index contributed by atoms with van der Waals surface area (Å²) in [5.41, 5.74) is 10.5. The van der Waals surface area contributed by atoms with E-state index in [-0.39, 0.29) is 0 Å². The largest absolute Gasteiger partial charge is 0.309 e. The van der Waals surface area contributed by atoms with Gasteiger partial charge in [-0.25, -0.2) is 0 Å². The lowest BCUT2D eigenvalue weighted by Gasteiger charge is -2.19. The van der Waals surface area contributed by atoms with E-state index >= 15 is 0 Å². The van der Waals surface area contributed by atoms with Gasteiger partial charge in [0.2, 0.25) is 0 Å². The quantitative estimate of drug-likeness (QED) is 0.231. The Bertz CT molecular complexity index is 2280. The van der Waals surface area contributed by atoms with Crippen molar-refractivity contribution in [3.05, 3.63) is 139 Å². The molecular weight excluding hydrogens is 500 g/mol. The Labute approximate surface area is 237 Å². The van der Waals surface area contributed by atoms with Crippen molar-refractivity contribution in [1.29, 1.82) is 5.26 Å². The van der Waals surface area contributed by atoms with Crippen molar-refractivity contribution in [2.24, 2.45) is 0 Å². The van der Waals surface area contributed by atoms with Gasteiger partial charge in [-0.05, 0) is 73.2 Å². The van der Waals surface area contributed by atoms with Crippen LogP contribution in [0.5, 0.6) is 0 Å². The molecule has 0 unspecified atom stereocenters. The van der Waals surface area contributed by atoms with E-state index in [0.717, 1.165) is 61.0 Å². The van der Waals surface area contributed by atoms with E-state index in [1.165, 1.54) is 10.8 Å². The van der Waals surface area contributed by atoms with Crippen LogP contribution in [0.4, 0.5) is 0 Å². The predicted molar refractivity (Wildman–Crippen MR) is 168 cm³/mol. The first-order chi connectivity index (χ1) is 20.2. The number of hydrogen-bond donors (Lipinski definition) is 0. The van der Waals surface area contributed by atoms with Gasteiger partial charge in [-0.3, -0.25) is 4.98 Å². The molecule has 8 rings (SSSR count). The number of pyridine rings is 1. The number of rotatable bonds is 3. The molecule has 0 saturated heterocycles. The van der Waals surface area contributed by atoms with Crippen LogP contribution >= 0.6 is 0 Å². The van der Waals surface area contributed by atoms with E-state index in [2.05, 4.69) is 119 Å². The Morgan fingerprint density at radius 3 is 1.80 bits per heavy atom. The maximum absolute atomic E-state index is 9.65. The molecule has 0 atom stereocenters. The van der Waals surface area contributed by atoms with Crippen LogP contribution in [0, 0.1) is 18.3 Å². The molecule has 0 spiro atoms. The standard InChI is InChI=1S/C37H24N4/c1-24-30(32-13-8-9-19-39-32)21-26(40-33-14-5-2-10-27(33)28-11-3-6-15-34(28)40)22-37(24)41-35-16-7-4-12-29(35)31-20-25(23-38)17-18-36(31)41/h2-22H,1H3. The van der Waals surface area contributed by atoms with Gasteiger partial charge >= 0.3 is 0 Å². The molecule has 0 saturated carbocycles. The number of nitriles is 1. The van der Waals surface area contributed by atoms with Gasteiger partial charge in [-0.2, -0.15) is 5.26 Å². The van der Waals surface area contributed by atoms with Crippen LogP contribution in [-0.2, 0) is 0 Å². The first-order valence-corrected chi connectivity index (χ1v) is 13.7. The highest BCUT2D eigenvalue weighted by Gasteiger charge is 2.20. The molecule has 192 valence electrons. The third-order valence-electron chi connectivity index (χ3n) is 8.19. The molecule has 0 bridgehead atoms. The topological polar surface area (TPSA) is 46.5 Å². The zero-order valence-electron chi connectivity index (χ0n) is 22.4. The van der Waals surface area contributed by atoms with Crippen LogP contribution in [0.1, 0.15) is 11.1 Å². The molecule has 0 amide bonds. The highest BCUT2D eigenvalue weighted by molar-refractivity contribution is 6.11. The highest BCUT2D eigenvalue weighted by Crippen LogP contribution is 2.39. The van der Waals surface area contributed by atoms with Gasteiger partial charge in [0.1, 0.15) is 0 Å². The monoisotopic (exact) mass is 524 g/mol. The predicted octanol–water partition coefficient (Wildman–Crippen LogP) is 9.12. The van der Waals surface area contributed by atoms with E-state index in [9.17, 15) is 5.26 Å². The van der Waals surface area contributed by atoms with Crippen molar-refractivity contribution in [2.75, 3.05) is 0 Å². The van der Waals surface area contributed by atoms with E-state index in [1.807, 2.05) is 30.5 Å². The first-order valence-electron chi connectivity index (χ1n) is 13.7. The third kappa shape index (κ3) is 3.43. The Morgan fingerprint density at radius 2 is 1.17 bits per heavy atom. The summed E-state index contributed by atoms with van der Waals surface area (Å²) in [6.07, 6.45) is 1.85. The zero-order chi connectivity index (χ0) is 27.5. The third-order valence-corrected chi connectivity index (χ3v) is 8.19. The zero-order valence-corrected chi connectivity index (χ0v) is 22.4. The molecule has 8 aromatic rings. The Morgan fingerprint density at radius 1 is 0.585 bits per heavy atom. The van der Waals surface area contributed by atoms with E-state index in [1.54, 1.807) is 0 Å². The Hall–Kier alpha value is -5.66. The minimum Gasteiger partial charge on any atom is -0.309 e. The summed E-state index contributed by atoms with van der Waals surface area (Å²) in [5.74, 6) is 0. The average molecular weight is 525 g/mol. The molecule has 3 heterocycles.